The number of esters is 3. The Bertz CT molecular complexity index is 678. The summed E-state index contributed by atoms with van der Waals surface area (Å²) in [4.78, 5) is 35.9. The molecule has 1 aliphatic rings. The molecule has 0 unspecified atom stereocenters. The van der Waals surface area contributed by atoms with Gasteiger partial charge in [-0.3, -0.25) is 0 Å². The average Bonchev–Trinajstić information content (AvgIpc) is 2.60. The molecule has 2 N–H and O–H groups in total. The van der Waals surface area contributed by atoms with Crippen molar-refractivity contribution in [2.24, 2.45) is 5.73 Å². The fraction of sp³-hybridized carbons (Fsp3) is 0.353. The van der Waals surface area contributed by atoms with Gasteiger partial charge in [-0.2, -0.15) is 0 Å². The third kappa shape index (κ3) is 3.10. The molecule has 7 nitrogen and oxygen atoms in total. The molecule has 0 saturated carbocycles. The lowest BCUT2D eigenvalue weighted by Crippen LogP contribution is -2.46. The van der Waals surface area contributed by atoms with Gasteiger partial charge in [0.1, 0.15) is 0 Å². The summed E-state index contributed by atoms with van der Waals surface area (Å²) in [5, 5.41) is 0. The van der Waals surface area contributed by atoms with Crippen LogP contribution in [0.15, 0.2) is 29.8 Å². The fourth-order valence-corrected chi connectivity index (χ4v) is 2.35. The van der Waals surface area contributed by atoms with Gasteiger partial charge in [0.2, 0.25) is 0 Å². The second-order valence-corrected chi connectivity index (χ2v) is 5.25. The first-order valence-electron chi connectivity index (χ1n) is 7.52. The zero-order valence-corrected chi connectivity index (χ0v) is 13.8. The van der Waals surface area contributed by atoms with E-state index < -0.39 is 23.7 Å². The van der Waals surface area contributed by atoms with Gasteiger partial charge in [0.05, 0.1) is 18.4 Å². The fourth-order valence-electron chi connectivity index (χ4n) is 2.35. The minimum atomic E-state index is -1.24. The van der Waals surface area contributed by atoms with Crippen molar-refractivity contribution in [1.29, 1.82) is 0 Å². The highest BCUT2D eigenvalue weighted by Crippen LogP contribution is 2.31. The van der Waals surface area contributed by atoms with Crippen LogP contribution in [-0.4, -0.2) is 30.8 Å². The molecule has 24 heavy (non-hydrogen) atoms. The first-order valence-corrected chi connectivity index (χ1v) is 7.52. The lowest BCUT2D eigenvalue weighted by atomic mass is 10.0. The highest BCUT2D eigenvalue weighted by molar-refractivity contribution is 6.20. The summed E-state index contributed by atoms with van der Waals surface area (Å²) in [5.74, 6) is -3.37. The first kappa shape index (κ1) is 17.5. The average molecular weight is 333 g/mol. The van der Waals surface area contributed by atoms with Crippen LogP contribution in [0.25, 0.3) is 5.70 Å². The maximum atomic E-state index is 12.2. The number of carbonyl (C=O) groups is 3. The van der Waals surface area contributed by atoms with Gasteiger partial charge >= 0.3 is 17.9 Å². The number of hydrogen-bond donors (Lipinski definition) is 1. The van der Waals surface area contributed by atoms with Gasteiger partial charge in [-0.25, -0.2) is 14.4 Å². The van der Waals surface area contributed by atoms with Crippen LogP contribution in [0.4, 0.5) is 0 Å². The minimum absolute atomic E-state index is 0.0674. The molecular weight excluding hydrogens is 314 g/mol. The van der Waals surface area contributed by atoms with E-state index in [9.17, 15) is 14.4 Å². The monoisotopic (exact) mass is 333 g/mol. The summed E-state index contributed by atoms with van der Waals surface area (Å²) in [5.41, 5.74) is 6.24. The standard InChI is InChI=1S/C17H19NO6/c1-4-17(5-2)23-15(20)12(16(21)24-17)13(18)10-6-8-11(9-7-10)14(19)22-3/h6-9H,4-5,18H2,1-3H3. The van der Waals surface area contributed by atoms with E-state index in [4.69, 9.17) is 15.2 Å². The molecule has 7 heteroatoms. The van der Waals surface area contributed by atoms with Crippen molar-refractivity contribution in [3.8, 4) is 0 Å². The van der Waals surface area contributed by atoms with Gasteiger partial charge in [0, 0.05) is 12.8 Å². The van der Waals surface area contributed by atoms with Gasteiger partial charge in [-0.1, -0.05) is 26.0 Å². The van der Waals surface area contributed by atoms with Gasteiger partial charge < -0.3 is 19.9 Å². The van der Waals surface area contributed by atoms with Gasteiger partial charge in [-0.15, -0.1) is 0 Å². The maximum absolute atomic E-state index is 12.2. The molecule has 2 rings (SSSR count). The molecule has 0 spiro atoms. The van der Waals surface area contributed by atoms with E-state index in [0.29, 0.717) is 24.0 Å². The van der Waals surface area contributed by atoms with Crippen LogP contribution in [0.2, 0.25) is 0 Å². The first-order chi connectivity index (χ1) is 11.4. The van der Waals surface area contributed by atoms with Crippen molar-refractivity contribution < 1.29 is 28.6 Å². The largest absolute Gasteiger partial charge is 0.465 e. The van der Waals surface area contributed by atoms with Gasteiger partial charge in [0.25, 0.3) is 5.79 Å². The molecule has 0 atom stereocenters. The molecule has 1 saturated heterocycles. The van der Waals surface area contributed by atoms with Gasteiger partial charge in [-0.05, 0) is 17.7 Å². The number of carbonyl (C=O) groups excluding carboxylic acids is 3. The van der Waals surface area contributed by atoms with E-state index in [0.717, 1.165) is 0 Å². The third-order valence-electron chi connectivity index (χ3n) is 3.93. The zero-order chi connectivity index (χ0) is 17.9. The Morgan fingerprint density at radius 2 is 1.50 bits per heavy atom. The number of nitrogens with two attached hydrogens (primary N) is 1. The van der Waals surface area contributed by atoms with E-state index in [1.54, 1.807) is 13.8 Å². The van der Waals surface area contributed by atoms with Crippen LogP contribution in [-0.2, 0) is 23.8 Å². The summed E-state index contributed by atoms with van der Waals surface area (Å²) in [6.45, 7) is 3.52. The van der Waals surface area contributed by atoms with Crippen LogP contribution in [0.1, 0.15) is 42.6 Å². The Labute approximate surface area is 139 Å². The van der Waals surface area contributed by atoms with Crippen molar-refractivity contribution >= 4 is 23.6 Å². The van der Waals surface area contributed by atoms with Crippen LogP contribution in [0.5, 0.6) is 0 Å². The van der Waals surface area contributed by atoms with E-state index in [-0.39, 0.29) is 11.3 Å². The Hall–Kier alpha value is -2.83. The Morgan fingerprint density at radius 3 is 1.92 bits per heavy atom. The quantitative estimate of drug-likeness (QED) is 0.508. The molecule has 0 aliphatic carbocycles. The summed E-state index contributed by atoms with van der Waals surface area (Å²) >= 11 is 0. The van der Waals surface area contributed by atoms with E-state index in [1.165, 1.54) is 31.4 Å². The smallest absolute Gasteiger partial charge is 0.351 e. The second kappa shape index (κ2) is 6.74. The number of ether oxygens (including phenoxy) is 3. The number of cyclic esters (lactones) is 2. The van der Waals surface area contributed by atoms with E-state index in [2.05, 4.69) is 4.74 Å². The topological polar surface area (TPSA) is 105 Å². The Morgan fingerprint density at radius 1 is 1.04 bits per heavy atom. The van der Waals surface area contributed by atoms with Crippen molar-refractivity contribution in [3.63, 3.8) is 0 Å². The molecule has 1 aromatic carbocycles. The Kier molecular flexibility index (Phi) is 4.92. The summed E-state index contributed by atoms with van der Waals surface area (Å²) < 4.78 is 15.2. The molecule has 128 valence electrons. The molecule has 0 radical (unpaired) electrons. The summed E-state index contributed by atoms with van der Waals surface area (Å²) in [7, 11) is 1.27. The van der Waals surface area contributed by atoms with Crippen LogP contribution < -0.4 is 5.73 Å². The third-order valence-corrected chi connectivity index (χ3v) is 3.93. The van der Waals surface area contributed by atoms with Crippen molar-refractivity contribution in [2.45, 2.75) is 32.5 Å². The maximum Gasteiger partial charge on any atom is 0.351 e. The van der Waals surface area contributed by atoms with Gasteiger partial charge in [0.15, 0.2) is 5.57 Å². The van der Waals surface area contributed by atoms with Crippen molar-refractivity contribution in [1.82, 2.24) is 0 Å². The predicted molar refractivity (Wildman–Crippen MR) is 84.4 cm³/mol. The predicted octanol–water partition coefficient (Wildman–Crippen LogP) is 1.76. The van der Waals surface area contributed by atoms with Crippen LogP contribution in [0.3, 0.4) is 0 Å². The molecule has 1 fully saturated rings. The van der Waals surface area contributed by atoms with E-state index in [1.807, 2.05) is 0 Å². The van der Waals surface area contributed by atoms with Crippen molar-refractivity contribution in [2.75, 3.05) is 7.11 Å². The number of benzene rings is 1. The molecule has 0 aromatic heterocycles. The summed E-state index contributed by atoms with van der Waals surface area (Å²) in [6, 6.07) is 5.99. The molecule has 1 aliphatic heterocycles. The lowest BCUT2D eigenvalue weighted by Gasteiger charge is -2.35. The van der Waals surface area contributed by atoms with Crippen LogP contribution in [0, 0.1) is 0 Å². The highest BCUT2D eigenvalue weighted by Gasteiger charge is 2.44. The number of rotatable bonds is 4. The van der Waals surface area contributed by atoms with E-state index >= 15 is 0 Å². The van der Waals surface area contributed by atoms with Crippen LogP contribution >= 0.6 is 0 Å². The highest BCUT2D eigenvalue weighted by atomic mass is 16.7. The Balaban J connectivity index is 2.36. The second-order valence-electron chi connectivity index (χ2n) is 5.25. The zero-order valence-electron chi connectivity index (χ0n) is 13.8. The molecule has 1 heterocycles. The van der Waals surface area contributed by atoms with Crippen molar-refractivity contribution in [3.05, 3.63) is 41.0 Å². The molecule has 1 aromatic rings. The minimum Gasteiger partial charge on any atom is -0.465 e. The molecular formula is C17H19NO6. The number of hydrogen-bond acceptors (Lipinski definition) is 7. The SMILES string of the molecule is CCC1(CC)OC(=O)C(=C(N)c2ccc(C(=O)OC)cc2)C(=O)O1. The lowest BCUT2D eigenvalue weighted by molar-refractivity contribution is -0.237. The number of methoxy groups -OCH3 is 1. The molecule has 0 bridgehead atoms. The summed E-state index contributed by atoms with van der Waals surface area (Å²) in [6.07, 6.45) is 0.698. The normalized spacial score (nSPS) is 16.2. The molecule has 0 amide bonds.